The molecule has 3 rings (SSSR count). The standard InChI is InChI=1S/C20H27NO4/c1-15-17(10-19-13-23-7-8-25-19)9-18(11-22)21-20(15)14-24-12-16-5-3-2-4-6-16/h2-6,10,18,20-22H,7-9,11-14H2,1H3. The van der Waals surface area contributed by atoms with Gasteiger partial charge in [-0.05, 0) is 30.6 Å². The van der Waals surface area contributed by atoms with E-state index in [9.17, 15) is 5.11 Å². The first-order valence-electron chi connectivity index (χ1n) is 8.85. The predicted molar refractivity (Wildman–Crippen MR) is 96.1 cm³/mol. The van der Waals surface area contributed by atoms with Gasteiger partial charge in [0.1, 0.15) is 19.0 Å². The summed E-state index contributed by atoms with van der Waals surface area (Å²) >= 11 is 0. The SMILES string of the molecule is CC1=C(C=C2COCCO2)CC(CO)NC1COCc1ccccc1. The van der Waals surface area contributed by atoms with E-state index in [-0.39, 0.29) is 18.7 Å². The van der Waals surface area contributed by atoms with Gasteiger partial charge in [0, 0.05) is 6.04 Å². The van der Waals surface area contributed by atoms with Crippen LogP contribution in [0.3, 0.4) is 0 Å². The quantitative estimate of drug-likeness (QED) is 0.827. The van der Waals surface area contributed by atoms with Crippen LogP contribution in [0.15, 0.2) is 53.3 Å². The number of hydrogen-bond donors (Lipinski definition) is 2. The smallest absolute Gasteiger partial charge is 0.122 e. The summed E-state index contributed by atoms with van der Waals surface area (Å²) in [6, 6.07) is 10.3. The number of rotatable bonds is 6. The summed E-state index contributed by atoms with van der Waals surface area (Å²) < 4.78 is 17.0. The fraction of sp³-hybridized carbons (Fsp3) is 0.500. The maximum Gasteiger partial charge on any atom is 0.122 e. The minimum absolute atomic E-state index is 0.0328. The average Bonchev–Trinajstić information content (AvgIpc) is 2.66. The van der Waals surface area contributed by atoms with Crippen molar-refractivity contribution in [2.24, 2.45) is 0 Å². The maximum absolute atomic E-state index is 9.62. The van der Waals surface area contributed by atoms with Crippen LogP contribution >= 0.6 is 0 Å². The van der Waals surface area contributed by atoms with Gasteiger partial charge in [-0.25, -0.2) is 0 Å². The third kappa shape index (κ3) is 5.16. The molecule has 2 aliphatic heterocycles. The molecule has 5 nitrogen and oxygen atoms in total. The Morgan fingerprint density at radius 2 is 2.12 bits per heavy atom. The highest BCUT2D eigenvalue weighted by molar-refractivity contribution is 5.33. The highest BCUT2D eigenvalue weighted by Crippen LogP contribution is 2.24. The van der Waals surface area contributed by atoms with Crippen molar-refractivity contribution in [3.8, 4) is 0 Å². The number of hydrogen-bond acceptors (Lipinski definition) is 5. The van der Waals surface area contributed by atoms with Gasteiger partial charge in [0.25, 0.3) is 0 Å². The minimum Gasteiger partial charge on any atom is -0.493 e. The van der Waals surface area contributed by atoms with Gasteiger partial charge < -0.3 is 24.6 Å². The van der Waals surface area contributed by atoms with Gasteiger partial charge in [0.05, 0.1) is 32.5 Å². The topological polar surface area (TPSA) is 60.0 Å². The maximum atomic E-state index is 9.62. The van der Waals surface area contributed by atoms with Crippen molar-refractivity contribution in [2.45, 2.75) is 32.0 Å². The molecule has 0 aliphatic carbocycles. The molecule has 5 heteroatoms. The molecule has 1 saturated heterocycles. The van der Waals surface area contributed by atoms with Crippen LogP contribution in [0.25, 0.3) is 0 Å². The largest absolute Gasteiger partial charge is 0.493 e. The summed E-state index contributed by atoms with van der Waals surface area (Å²) in [4.78, 5) is 0. The van der Waals surface area contributed by atoms with Crippen molar-refractivity contribution in [3.05, 3.63) is 58.9 Å². The zero-order chi connectivity index (χ0) is 17.5. The molecular weight excluding hydrogens is 318 g/mol. The van der Waals surface area contributed by atoms with Crippen LogP contribution < -0.4 is 5.32 Å². The number of aliphatic hydroxyl groups excluding tert-OH is 1. The number of nitrogens with one attached hydrogen (secondary N) is 1. The van der Waals surface area contributed by atoms with E-state index < -0.39 is 0 Å². The summed E-state index contributed by atoms with van der Waals surface area (Å²) in [5, 5.41) is 13.1. The van der Waals surface area contributed by atoms with Crippen molar-refractivity contribution >= 4 is 0 Å². The molecule has 0 spiro atoms. The van der Waals surface area contributed by atoms with Crippen molar-refractivity contribution < 1.29 is 19.3 Å². The fourth-order valence-corrected chi connectivity index (χ4v) is 3.17. The van der Waals surface area contributed by atoms with Crippen molar-refractivity contribution in [3.63, 3.8) is 0 Å². The number of allylic oxidation sites excluding steroid dienone is 1. The Morgan fingerprint density at radius 1 is 1.28 bits per heavy atom. The zero-order valence-corrected chi connectivity index (χ0v) is 14.7. The zero-order valence-electron chi connectivity index (χ0n) is 14.7. The van der Waals surface area contributed by atoms with Crippen molar-refractivity contribution in [1.82, 2.24) is 5.32 Å². The van der Waals surface area contributed by atoms with E-state index in [4.69, 9.17) is 14.2 Å². The average molecular weight is 345 g/mol. The molecule has 0 amide bonds. The Bertz CT molecular complexity index is 603. The molecule has 1 aromatic rings. The normalized spacial score (nSPS) is 25.9. The molecule has 2 aliphatic rings. The Balaban J connectivity index is 1.65. The highest BCUT2D eigenvalue weighted by Gasteiger charge is 2.25. The fourth-order valence-electron chi connectivity index (χ4n) is 3.17. The van der Waals surface area contributed by atoms with Crippen LogP contribution in [0, 0.1) is 0 Å². The molecule has 0 radical (unpaired) electrons. The van der Waals surface area contributed by atoms with Gasteiger partial charge >= 0.3 is 0 Å². The van der Waals surface area contributed by atoms with Gasteiger partial charge in [-0.1, -0.05) is 35.9 Å². The molecule has 0 saturated carbocycles. The molecule has 2 unspecified atom stereocenters. The van der Waals surface area contributed by atoms with Gasteiger partial charge in [0.2, 0.25) is 0 Å². The molecule has 2 N–H and O–H groups in total. The van der Waals surface area contributed by atoms with Crippen molar-refractivity contribution in [1.29, 1.82) is 0 Å². The third-order valence-electron chi connectivity index (χ3n) is 4.64. The summed E-state index contributed by atoms with van der Waals surface area (Å²) in [6.07, 6.45) is 2.85. The second-order valence-corrected chi connectivity index (χ2v) is 6.52. The lowest BCUT2D eigenvalue weighted by molar-refractivity contribution is 0.0132. The molecular formula is C20H27NO4. The van der Waals surface area contributed by atoms with Crippen LogP contribution in [0.5, 0.6) is 0 Å². The number of aliphatic hydroxyl groups is 1. The molecule has 0 bridgehead atoms. The second-order valence-electron chi connectivity index (χ2n) is 6.52. The molecule has 25 heavy (non-hydrogen) atoms. The summed E-state index contributed by atoms with van der Waals surface area (Å²) in [5.41, 5.74) is 3.60. The molecule has 0 aromatic heterocycles. The van der Waals surface area contributed by atoms with Gasteiger partial charge in [-0.3, -0.25) is 0 Å². The Morgan fingerprint density at radius 3 is 2.84 bits per heavy atom. The Hall–Kier alpha value is -1.66. The number of benzene rings is 1. The Labute approximate surface area is 149 Å². The first-order valence-corrected chi connectivity index (χ1v) is 8.85. The first kappa shape index (κ1) is 18.1. The van der Waals surface area contributed by atoms with Crippen LogP contribution in [-0.4, -0.2) is 50.2 Å². The monoisotopic (exact) mass is 345 g/mol. The van der Waals surface area contributed by atoms with Gasteiger partial charge in [-0.15, -0.1) is 0 Å². The van der Waals surface area contributed by atoms with Gasteiger partial charge in [0.15, 0.2) is 0 Å². The molecule has 2 atom stereocenters. The lowest BCUT2D eigenvalue weighted by Crippen LogP contribution is -2.47. The van der Waals surface area contributed by atoms with E-state index in [0.717, 1.165) is 17.7 Å². The lowest BCUT2D eigenvalue weighted by Gasteiger charge is -2.33. The number of ether oxygens (including phenoxy) is 3. The summed E-state index contributed by atoms with van der Waals surface area (Å²) in [6.45, 7) is 5.14. The molecule has 1 aromatic carbocycles. The van der Waals surface area contributed by atoms with Crippen LogP contribution in [0.4, 0.5) is 0 Å². The van der Waals surface area contributed by atoms with E-state index >= 15 is 0 Å². The van der Waals surface area contributed by atoms with E-state index in [2.05, 4.69) is 30.4 Å². The summed E-state index contributed by atoms with van der Waals surface area (Å²) in [5.74, 6) is 0.864. The first-order chi connectivity index (χ1) is 12.3. The van der Waals surface area contributed by atoms with E-state index in [1.807, 2.05) is 18.2 Å². The van der Waals surface area contributed by atoms with E-state index in [1.165, 1.54) is 11.1 Å². The highest BCUT2D eigenvalue weighted by atomic mass is 16.6. The van der Waals surface area contributed by atoms with Crippen LogP contribution in [0.2, 0.25) is 0 Å². The Kier molecular flexibility index (Phi) is 6.64. The van der Waals surface area contributed by atoms with E-state index in [1.54, 1.807) is 0 Å². The summed E-state index contributed by atoms with van der Waals surface area (Å²) in [7, 11) is 0. The van der Waals surface area contributed by atoms with Crippen LogP contribution in [-0.2, 0) is 20.8 Å². The van der Waals surface area contributed by atoms with Crippen LogP contribution in [0.1, 0.15) is 18.9 Å². The lowest BCUT2D eigenvalue weighted by atomic mass is 9.91. The second kappa shape index (κ2) is 9.15. The third-order valence-corrected chi connectivity index (χ3v) is 4.64. The minimum atomic E-state index is 0.0328. The predicted octanol–water partition coefficient (Wildman–Crippen LogP) is 2.17. The van der Waals surface area contributed by atoms with Crippen molar-refractivity contribution in [2.75, 3.05) is 33.0 Å². The molecule has 1 fully saturated rings. The van der Waals surface area contributed by atoms with E-state index in [0.29, 0.717) is 33.0 Å². The van der Waals surface area contributed by atoms with Gasteiger partial charge in [-0.2, -0.15) is 0 Å². The molecule has 136 valence electrons. The molecule has 2 heterocycles.